The van der Waals surface area contributed by atoms with E-state index in [1.54, 1.807) is 0 Å². The third-order valence-electron chi connectivity index (χ3n) is 2.07. The van der Waals surface area contributed by atoms with Gasteiger partial charge in [0.05, 0.1) is 0 Å². The van der Waals surface area contributed by atoms with E-state index in [2.05, 4.69) is 6.58 Å². The van der Waals surface area contributed by atoms with Crippen molar-refractivity contribution >= 4 is 35.1 Å². The standard InChI is InChI=1S/C12H11Cl2NO3/c1-2-3-15(7-11(16)17)12(18)8-4-9(13)6-10(14)5-8/h2,4-6H,1,3,7H2,(H,16,17). The molecule has 1 amide bonds. The van der Waals surface area contributed by atoms with Crippen LogP contribution in [0.4, 0.5) is 0 Å². The van der Waals surface area contributed by atoms with Crippen molar-refractivity contribution in [1.82, 2.24) is 4.90 Å². The Hall–Kier alpha value is -1.52. The van der Waals surface area contributed by atoms with E-state index in [4.69, 9.17) is 28.3 Å². The van der Waals surface area contributed by atoms with Crippen LogP contribution in [0.1, 0.15) is 10.4 Å². The number of hydrogen-bond donors (Lipinski definition) is 1. The molecule has 1 rings (SSSR count). The van der Waals surface area contributed by atoms with Crippen molar-refractivity contribution in [3.63, 3.8) is 0 Å². The van der Waals surface area contributed by atoms with Gasteiger partial charge in [-0.25, -0.2) is 0 Å². The molecule has 0 atom stereocenters. The summed E-state index contributed by atoms with van der Waals surface area (Å²) in [5.74, 6) is -1.56. The number of rotatable bonds is 5. The number of hydrogen-bond acceptors (Lipinski definition) is 2. The van der Waals surface area contributed by atoms with Crippen LogP contribution in [0.25, 0.3) is 0 Å². The highest BCUT2D eigenvalue weighted by molar-refractivity contribution is 6.35. The Morgan fingerprint density at radius 3 is 2.28 bits per heavy atom. The number of benzene rings is 1. The lowest BCUT2D eigenvalue weighted by Gasteiger charge is -2.19. The molecule has 0 radical (unpaired) electrons. The van der Waals surface area contributed by atoms with Crippen LogP contribution < -0.4 is 0 Å². The van der Waals surface area contributed by atoms with Gasteiger partial charge in [0.1, 0.15) is 6.54 Å². The maximum atomic E-state index is 12.1. The Labute approximate surface area is 114 Å². The summed E-state index contributed by atoms with van der Waals surface area (Å²) in [7, 11) is 0. The zero-order valence-electron chi connectivity index (χ0n) is 9.40. The molecule has 6 heteroatoms. The summed E-state index contributed by atoms with van der Waals surface area (Å²) >= 11 is 11.6. The number of carbonyl (C=O) groups is 2. The van der Waals surface area contributed by atoms with Crippen LogP contribution in [0, 0.1) is 0 Å². The Morgan fingerprint density at radius 2 is 1.83 bits per heavy atom. The van der Waals surface area contributed by atoms with Gasteiger partial charge < -0.3 is 10.0 Å². The molecular weight excluding hydrogens is 277 g/mol. The van der Waals surface area contributed by atoms with E-state index < -0.39 is 18.4 Å². The first-order valence-electron chi connectivity index (χ1n) is 5.02. The lowest BCUT2D eigenvalue weighted by Crippen LogP contribution is -2.35. The number of nitrogens with zero attached hydrogens (tertiary/aromatic N) is 1. The Bertz CT molecular complexity index is 468. The van der Waals surface area contributed by atoms with Gasteiger partial charge in [0, 0.05) is 22.2 Å². The van der Waals surface area contributed by atoms with Crippen LogP contribution in [0.2, 0.25) is 10.0 Å². The summed E-state index contributed by atoms with van der Waals surface area (Å²) in [5, 5.41) is 9.37. The maximum absolute atomic E-state index is 12.1. The smallest absolute Gasteiger partial charge is 0.323 e. The third kappa shape index (κ3) is 4.05. The molecule has 0 saturated heterocycles. The van der Waals surface area contributed by atoms with Crippen LogP contribution >= 0.6 is 23.2 Å². The molecule has 0 spiro atoms. The van der Waals surface area contributed by atoms with Crippen molar-refractivity contribution in [3.8, 4) is 0 Å². The van der Waals surface area contributed by atoms with Crippen molar-refractivity contribution in [2.75, 3.05) is 13.1 Å². The highest BCUT2D eigenvalue weighted by Gasteiger charge is 2.18. The summed E-state index contributed by atoms with van der Waals surface area (Å²) < 4.78 is 0. The fourth-order valence-corrected chi connectivity index (χ4v) is 1.92. The summed E-state index contributed by atoms with van der Waals surface area (Å²) in [5.41, 5.74) is 0.246. The normalized spacial score (nSPS) is 9.89. The van der Waals surface area contributed by atoms with Gasteiger partial charge in [0.15, 0.2) is 0 Å². The number of carboxylic acids is 1. The van der Waals surface area contributed by atoms with Crippen LogP contribution in [-0.2, 0) is 4.79 Å². The zero-order chi connectivity index (χ0) is 13.7. The molecule has 96 valence electrons. The van der Waals surface area contributed by atoms with Crippen molar-refractivity contribution in [2.24, 2.45) is 0 Å². The summed E-state index contributed by atoms with van der Waals surface area (Å²) in [4.78, 5) is 23.9. The van der Waals surface area contributed by atoms with E-state index in [9.17, 15) is 9.59 Å². The molecule has 0 fully saturated rings. The van der Waals surface area contributed by atoms with Crippen molar-refractivity contribution in [1.29, 1.82) is 0 Å². The zero-order valence-corrected chi connectivity index (χ0v) is 10.9. The Kier molecular flexibility index (Phi) is 5.19. The fraction of sp³-hybridized carbons (Fsp3) is 0.167. The van der Waals surface area contributed by atoms with Gasteiger partial charge >= 0.3 is 5.97 Å². The predicted molar refractivity (Wildman–Crippen MR) is 70.2 cm³/mol. The molecule has 4 nitrogen and oxygen atoms in total. The number of halogens is 2. The van der Waals surface area contributed by atoms with Gasteiger partial charge in [-0.3, -0.25) is 9.59 Å². The summed E-state index contributed by atoms with van der Waals surface area (Å²) in [6, 6.07) is 4.37. The second kappa shape index (κ2) is 6.42. The molecule has 18 heavy (non-hydrogen) atoms. The first-order chi connectivity index (χ1) is 8.43. The quantitative estimate of drug-likeness (QED) is 0.847. The predicted octanol–water partition coefficient (Wildman–Crippen LogP) is 2.71. The first-order valence-corrected chi connectivity index (χ1v) is 5.77. The van der Waals surface area contributed by atoms with Gasteiger partial charge in [0.2, 0.25) is 0 Å². The van der Waals surface area contributed by atoms with E-state index in [0.29, 0.717) is 10.0 Å². The fourth-order valence-electron chi connectivity index (χ4n) is 1.40. The average molecular weight is 288 g/mol. The second-order valence-corrected chi connectivity index (χ2v) is 4.40. The van der Waals surface area contributed by atoms with Gasteiger partial charge in [-0.05, 0) is 18.2 Å². The molecule has 0 aliphatic heterocycles. The minimum absolute atomic E-state index is 0.134. The van der Waals surface area contributed by atoms with E-state index in [1.165, 1.54) is 24.3 Å². The molecule has 1 aromatic carbocycles. The number of aliphatic carboxylic acids is 1. The number of carboxylic acid groups (broad SMARTS) is 1. The van der Waals surface area contributed by atoms with Crippen LogP contribution in [-0.4, -0.2) is 35.0 Å². The van der Waals surface area contributed by atoms with Crippen molar-refractivity contribution in [3.05, 3.63) is 46.5 Å². The van der Waals surface area contributed by atoms with Gasteiger partial charge in [-0.1, -0.05) is 29.3 Å². The van der Waals surface area contributed by atoms with Crippen molar-refractivity contribution < 1.29 is 14.7 Å². The Morgan fingerprint density at radius 1 is 1.28 bits per heavy atom. The molecule has 0 bridgehead atoms. The third-order valence-corrected chi connectivity index (χ3v) is 2.51. The lowest BCUT2D eigenvalue weighted by molar-refractivity contribution is -0.137. The van der Waals surface area contributed by atoms with Crippen LogP contribution in [0.5, 0.6) is 0 Å². The monoisotopic (exact) mass is 287 g/mol. The van der Waals surface area contributed by atoms with E-state index in [1.807, 2.05) is 0 Å². The van der Waals surface area contributed by atoms with E-state index >= 15 is 0 Å². The van der Waals surface area contributed by atoms with Gasteiger partial charge in [-0.15, -0.1) is 6.58 Å². The molecule has 0 heterocycles. The minimum atomic E-state index is -1.10. The van der Waals surface area contributed by atoms with Crippen LogP contribution in [0.15, 0.2) is 30.9 Å². The van der Waals surface area contributed by atoms with E-state index in [-0.39, 0.29) is 12.1 Å². The molecule has 0 saturated carbocycles. The molecule has 0 aliphatic rings. The minimum Gasteiger partial charge on any atom is -0.480 e. The van der Waals surface area contributed by atoms with Crippen LogP contribution in [0.3, 0.4) is 0 Å². The second-order valence-electron chi connectivity index (χ2n) is 3.53. The Balaban J connectivity index is 3.00. The topological polar surface area (TPSA) is 57.6 Å². The highest BCUT2D eigenvalue weighted by Crippen LogP contribution is 2.20. The molecule has 1 N–H and O–H groups in total. The van der Waals surface area contributed by atoms with Crippen molar-refractivity contribution in [2.45, 2.75) is 0 Å². The highest BCUT2D eigenvalue weighted by atomic mass is 35.5. The molecular formula is C12H11Cl2NO3. The molecule has 1 aromatic rings. The largest absolute Gasteiger partial charge is 0.480 e. The first kappa shape index (κ1) is 14.5. The van der Waals surface area contributed by atoms with E-state index in [0.717, 1.165) is 4.90 Å². The summed E-state index contributed by atoms with van der Waals surface area (Å²) in [6.07, 6.45) is 1.45. The number of carbonyl (C=O) groups excluding carboxylic acids is 1. The summed E-state index contributed by atoms with van der Waals surface area (Å²) in [6.45, 7) is 3.21. The van der Waals surface area contributed by atoms with Gasteiger partial charge in [-0.2, -0.15) is 0 Å². The van der Waals surface area contributed by atoms with Gasteiger partial charge in [0.25, 0.3) is 5.91 Å². The average Bonchev–Trinajstić information content (AvgIpc) is 2.25. The SMILES string of the molecule is C=CCN(CC(=O)O)C(=O)c1cc(Cl)cc(Cl)c1. The molecule has 0 aliphatic carbocycles. The molecule has 0 unspecified atom stereocenters. The lowest BCUT2D eigenvalue weighted by atomic mass is 10.2. The maximum Gasteiger partial charge on any atom is 0.323 e. The molecule has 0 aromatic heterocycles. The number of amides is 1.